The quantitative estimate of drug-likeness (QED) is 0.579. The van der Waals surface area contributed by atoms with Crippen LogP contribution in [-0.2, 0) is 0 Å². The third-order valence-electron chi connectivity index (χ3n) is 1.61. The van der Waals surface area contributed by atoms with Crippen LogP contribution in [0, 0.1) is 0 Å². The van der Waals surface area contributed by atoms with E-state index in [-0.39, 0.29) is 0 Å². The van der Waals surface area contributed by atoms with E-state index in [0.29, 0.717) is 0 Å². The summed E-state index contributed by atoms with van der Waals surface area (Å²) in [5, 5.41) is 4.26. The molecular weight excluding hydrogens is 167 g/mol. The Morgan fingerprint density at radius 3 is 2.55 bits per heavy atom. The molecule has 0 spiro atoms. The molecule has 2 aromatic rings. The molecule has 0 unspecified atom stereocenters. The molecule has 0 radical (unpaired) electrons. The molecule has 0 aliphatic carbocycles. The van der Waals surface area contributed by atoms with Crippen LogP contribution in [0.3, 0.4) is 0 Å². The van der Waals surface area contributed by atoms with Crippen molar-refractivity contribution in [2.24, 2.45) is 0 Å². The summed E-state index contributed by atoms with van der Waals surface area (Å²) in [6, 6.07) is 6.43. The van der Waals surface area contributed by atoms with Crippen molar-refractivity contribution >= 4 is 44.6 Å². The van der Waals surface area contributed by atoms with Crippen molar-refractivity contribution < 1.29 is 0 Å². The molecular formula is C8H5LiS2. The van der Waals surface area contributed by atoms with Crippen molar-refractivity contribution in [3.05, 3.63) is 29.0 Å². The molecule has 0 aromatic carbocycles. The number of thiophene rings is 2. The van der Waals surface area contributed by atoms with E-state index in [2.05, 4.69) is 46.7 Å². The predicted molar refractivity (Wildman–Crippen MR) is 53.0 cm³/mol. The van der Waals surface area contributed by atoms with Crippen LogP contribution in [0.15, 0.2) is 29.0 Å². The molecule has 0 fully saturated rings. The van der Waals surface area contributed by atoms with Crippen molar-refractivity contribution in [3.8, 4) is 9.75 Å². The molecule has 50 valence electrons. The number of hydrogen-bond donors (Lipinski definition) is 0. The second-order valence-electron chi connectivity index (χ2n) is 2.41. The molecule has 11 heavy (non-hydrogen) atoms. The number of rotatable bonds is 1. The van der Waals surface area contributed by atoms with Crippen LogP contribution >= 0.6 is 22.7 Å². The molecule has 0 aliphatic rings. The van der Waals surface area contributed by atoms with Crippen molar-refractivity contribution in [1.82, 2.24) is 0 Å². The van der Waals surface area contributed by atoms with E-state index in [1.54, 1.807) is 11.3 Å². The average molecular weight is 172 g/mol. The van der Waals surface area contributed by atoms with Gasteiger partial charge in [-0.25, -0.2) is 0 Å². The van der Waals surface area contributed by atoms with E-state index >= 15 is 0 Å². The summed E-state index contributed by atoms with van der Waals surface area (Å²) in [5.74, 6) is 0. The summed E-state index contributed by atoms with van der Waals surface area (Å²) in [5.41, 5.74) is 0. The molecule has 0 aliphatic heterocycles. The predicted octanol–water partition coefficient (Wildman–Crippen LogP) is 2.27. The fourth-order valence-corrected chi connectivity index (χ4v) is 2.90. The molecule has 0 atom stereocenters. The van der Waals surface area contributed by atoms with Crippen molar-refractivity contribution in [2.45, 2.75) is 0 Å². The van der Waals surface area contributed by atoms with Gasteiger partial charge in [0.15, 0.2) is 0 Å². The third kappa shape index (κ3) is 1.45. The Labute approximate surface area is 83.1 Å². The first kappa shape index (κ1) is 7.64. The second kappa shape index (κ2) is 3.16. The maximum atomic E-state index is 2.17. The molecule has 0 bridgehead atoms. The number of hydrogen-bond acceptors (Lipinski definition) is 2. The summed E-state index contributed by atoms with van der Waals surface area (Å²) < 4.78 is 1.39. The van der Waals surface area contributed by atoms with Crippen molar-refractivity contribution in [3.63, 3.8) is 0 Å². The fraction of sp³-hybridized carbons (Fsp3) is 0. The van der Waals surface area contributed by atoms with Gasteiger partial charge in [-0.1, -0.05) is 0 Å². The summed E-state index contributed by atoms with van der Waals surface area (Å²) in [4.78, 5) is 2.80. The molecule has 0 amide bonds. The van der Waals surface area contributed by atoms with Gasteiger partial charge >= 0.3 is 83.3 Å². The van der Waals surface area contributed by atoms with E-state index in [1.807, 2.05) is 11.3 Å². The zero-order valence-corrected chi connectivity index (χ0v) is 7.84. The normalized spacial score (nSPS) is 10.4. The van der Waals surface area contributed by atoms with Gasteiger partial charge in [-0.15, -0.1) is 0 Å². The van der Waals surface area contributed by atoms with Crippen molar-refractivity contribution in [1.29, 1.82) is 0 Å². The molecule has 3 heteroatoms. The van der Waals surface area contributed by atoms with Gasteiger partial charge in [-0.2, -0.15) is 0 Å². The van der Waals surface area contributed by atoms with E-state index in [4.69, 9.17) is 0 Å². The van der Waals surface area contributed by atoms with Crippen LogP contribution in [0.5, 0.6) is 0 Å². The second-order valence-corrected chi connectivity index (χ2v) is 4.27. The van der Waals surface area contributed by atoms with Gasteiger partial charge in [0.2, 0.25) is 0 Å². The Bertz CT molecular complexity index is 335. The first-order valence-corrected chi connectivity index (χ1v) is 5.22. The zero-order chi connectivity index (χ0) is 7.68. The third-order valence-corrected chi connectivity index (χ3v) is 3.67. The van der Waals surface area contributed by atoms with Crippen LogP contribution in [0.1, 0.15) is 0 Å². The summed E-state index contributed by atoms with van der Waals surface area (Å²) in [6.07, 6.45) is 0. The monoisotopic (exact) mass is 172 g/mol. The molecule has 0 N–H and O–H groups in total. The van der Waals surface area contributed by atoms with Crippen LogP contribution in [0.2, 0.25) is 0 Å². The zero-order valence-electron chi connectivity index (χ0n) is 6.20. The maximum absolute atomic E-state index is 2.17. The Kier molecular flexibility index (Phi) is 2.20. The van der Waals surface area contributed by atoms with Crippen molar-refractivity contribution in [2.75, 3.05) is 0 Å². The van der Waals surface area contributed by atoms with Gasteiger partial charge in [0.1, 0.15) is 0 Å². The van der Waals surface area contributed by atoms with Gasteiger partial charge in [-0.3, -0.25) is 0 Å². The van der Waals surface area contributed by atoms with Gasteiger partial charge in [0.25, 0.3) is 0 Å². The first-order valence-electron chi connectivity index (χ1n) is 3.46. The van der Waals surface area contributed by atoms with E-state index in [0.717, 1.165) is 0 Å². The minimum atomic E-state index is 1.39. The van der Waals surface area contributed by atoms with Gasteiger partial charge in [0, 0.05) is 0 Å². The SMILES string of the molecule is [Li][c]1ccsc1-c1cccs1. The molecule has 2 heterocycles. The average Bonchev–Trinajstić information content (AvgIpc) is 2.55. The van der Waals surface area contributed by atoms with Crippen LogP contribution in [0.4, 0.5) is 0 Å². The fourth-order valence-electron chi connectivity index (χ4n) is 1.03. The molecule has 2 rings (SSSR count). The van der Waals surface area contributed by atoms with Gasteiger partial charge in [-0.05, 0) is 0 Å². The standard InChI is InChI=1S/C8H5S2.Li/c1-3-7(9-5-1)8-4-2-6-10-8;/h1-3,5-6H;. The molecule has 0 nitrogen and oxygen atoms in total. The summed E-state index contributed by atoms with van der Waals surface area (Å²) in [6.45, 7) is 0. The Morgan fingerprint density at radius 1 is 1.09 bits per heavy atom. The first-order chi connectivity index (χ1) is 5.38. The minimum absolute atomic E-state index is 1.39. The summed E-state index contributed by atoms with van der Waals surface area (Å²) >= 11 is 5.78. The Morgan fingerprint density at radius 2 is 2.00 bits per heavy atom. The van der Waals surface area contributed by atoms with Crippen LogP contribution in [0.25, 0.3) is 9.75 Å². The Hall–Kier alpha value is -0.00260. The van der Waals surface area contributed by atoms with Crippen LogP contribution < -0.4 is 4.24 Å². The van der Waals surface area contributed by atoms with E-state index < -0.39 is 0 Å². The van der Waals surface area contributed by atoms with Gasteiger partial charge in [0.05, 0.1) is 0 Å². The summed E-state index contributed by atoms with van der Waals surface area (Å²) in [7, 11) is 0. The van der Waals surface area contributed by atoms with Crippen LogP contribution in [-0.4, -0.2) is 17.7 Å². The molecule has 0 saturated heterocycles. The molecule has 2 aromatic heterocycles. The Balaban J connectivity index is 2.53. The van der Waals surface area contributed by atoms with E-state index in [9.17, 15) is 0 Å². The molecule has 0 saturated carbocycles. The van der Waals surface area contributed by atoms with E-state index in [1.165, 1.54) is 14.0 Å². The van der Waals surface area contributed by atoms with Gasteiger partial charge < -0.3 is 0 Å². The topological polar surface area (TPSA) is 0 Å².